The number of para-hydroxylation sites is 1. The first-order valence-electron chi connectivity index (χ1n) is 9.80. The van der Waals surface area contributed by atoms with Crippen LogP contribution in [0.15, 0.2) is 82.0 Å². The third-order valence-electron chi connectivity index (χ3n) is 4.96. The lowest BCUT2D eigenvalue weighted by Gasteiger charge is -2.08. The fourth-order valence-electron chi connectivity index (χ4n) is 3.44. The number of rotatable bonds is 6. The quantitative estimate of drug-likeness (QED) is 0.304. The van der Waals surface area contributed by atoms with E-state index in [1.165, 1.54) is 23.5 Å². The van der Waals surface area contributed by atoms with Gasteiger partial charge in [-0.2, -0.15) is 0 Å². The van der Waals surface area contributed by atoms with Crippen LogP contribution in [0.3, 0.4) is 0 Å². The van der Waals surface area contributed by atoms with Crippen molar-refractivity contribution in [2.24, 2.45) is 4.99 Å². The normalized spacial score (nSPS) is 12.1. The molecule has 31 heavy (non-hydrogen) atoms. The van der Waals surface area contributed by atoms with E-state index in [-0.39, 0.29) is 5.02 Å². The number of aromatic nitrogens is 3. The fourth-order valence-corrected chi connectivity index (χ4v) is 4.49. The van der Waals surface area contributed by atoms with Crippen LogP contribution in [0.5, 0.6) is 0 Å². The van der Waals surface area contributed by atoms with Gasteiger partial charge in [-0.25, -0.2) is 14.4 Å². The minimum absolute atomic E-state index is 0.0845. The van der Waals surface area contributed by atoms with Gasteiger partial charge >= 0.3 is 0 Å². The Balaban J connectivity index is 1.55. The molecule has 0 radical (unpaired) electrons. The fraction of sp³-hybridized carbons (Fsp3) is 0.130. The number of halogens is 2. The topological polar surface area (TPSA) is 48.2 Å². The van der Waals surface area contributed by atoms with Crippen LogP contribution >= 0.6 is 22.9 Å². The minimum atomic E-state index is -0.483. The highest BCUT2D eigenvalue weighted by Gasteiger charge is 2.13. The van der Waals surface area contributed by atoms with E-state index < -0.39 is 5.82 Å². The summed E-state index contributed by atoms with van der Waals surface area (Å²) in [6.45, 7) is 1.56. The highest BCUT2D eigenvalue weighted by atomic mass is 35.5. The number of nitrogens with zero attached hydrogens (tertiary/aromatic N) is 4. The van der Waals surface area contributed by atoms with Gasteiger partial charge < -0.3 is 13.6 Å². The number of hydrogen-bond donors (Lipinski definition) is 0. The molecule has 0 fully saturated rings. The van der Waals surface area contributed by atoms with E-state index >= 15 is 0 Å². The van der Waals surface area contributed by atoms with Gasteiger partial charge in [-0.3, -0.25) is 0 Å². The van der Waals surface area contributed by atoms with Gasteiger partial charge in [0.15, 0.2) is 10.6 Å². The van der Waals surface area contributed by atoms with Crippen LogP contribution in [0.1, 0.15) is 6.42 Å². The van der Waals surface area contributed by atoms with Crippen LogP contribution in [-0.4, -0.2) is 14.1 Å². The second-order valence-electron chi connectivity index (χ2n) is 7.07. The number of imidazole rings is 1. The SMILES string of the molecule is Fc1cc(N=c2scc(-c3cc4ccccc4o3)n2CCCn2ccnc2)ccc1Cl. The smallest absolute Gasteiger partial charge is 0.190 e. The standard InChI is InChI=1S/C23H18ClFN4OS/c24-18-7-6-17(13-19(18)25)27-23-29(10-3-9-28-11-8-26-15-28)20(14-31-23)22-12-16-4-1-2-5-21(16)30-22/h1-2,4-8,11-15H,3,9-10H2. The Hall–Kier alpha value is -3.16. The van der Waals surface area contributed by atoms with Gasteiger partial charge in [0, 0.05) is 42.3 Å². The molecule has 0 aliphatic carbocycles. The van der Waals surface area contributed by atoms with Crippen LogP contribution in [0.2, 0.25) is 5.02 Å². The maximum absolute atomic E-state index is 13.9. The van der Waals surface area contributed by atoms with Gasteiger partial charge in [0.2, 0.25) is 0 Å². The van der Waals surface area contributed by atoms with E-state index in [1.54, 1.807) is 18.6 Å². The Labute approximate surface area is 186 Å². The maximum atomic E-state index is 13.9. The van der Waals surface area contributed by atoms with Crippen molar-refractivity contribution in [3.05, 3.63) is 88.3 Å². The van der Waals surface area contributed by atoms with E-state index in [9.17, 15) is 4.39 Å². The summed E-state index contributed by atoms with van der Waals surface area (Å²) in [5, 5.41) is 3.16. The molecule has 156 valence electrons. The van der Waals surface area contributed by atoms with Crippen LogP contribution < -0.4 is 4.80 Å². The van der Waals surface area contributed by atoms with E-state index in [4.69, 9.17) is 16.0 Å². The zero-order chi connectivity index (χ0) is 21.2. The van der Waals surface area contributed by atoms with Crippen molar-refractivity contribution in [2.75, 3.05) is 0 Å². The second kappa shape index (κ2) is 8.53. The highest BCUT2D eigenvalue weighted by molar-refractivity contribution is 7.07. The summed E-state index contributed by atoms with van der Waals surface area (Å²) in [5.74, 6) is 0.299. The van der Waals surface area contributed by atoms with Crippen molar-refractivity contribution in [3.8, 4) is 11.5 Å². The minimum Gasteiger partial charge on any atom is -0.454 e. The van der Waals surface area contributed by atoms with Gasteiger partial charge in [-0.1, -0.05) is 29.8 Å². The Morgan fingerprint density at radius 3 is 2.84 bits per heavy atom. The average Bonchev–Trinajstić information content (AvgIpc) is 3.51. The molecule has 0 aliphatic heterocycles. The number of thiazole rings is 1. The molecule has 0 aliphatic rings. The van der Waals surface area contributed by atoms with Gasteiger partial charge in [-0.15, -0.1) is 11.3 Å². The molecular weight excluding hydrogens is 435 g/mol. The number of benzene rings is 2. The van der Waals surface area contributed by atoms with Crippen molar-refractivity contribution in [2.45, 2.75) is 19.5 Å². The van der Waals surface area contributed by atoms with Gasteiger partial charge in [0.25, 0.3) is 0 Å². The summed E-state index contributed by atoms with van der Waals surface area (Å²) < 4.78 is 24.2. The van der Waals surface area contributed by atoms with E-state index in [0.29, 0.717) is 5.69 Å². The lowest BCUT2D eigenvalue weighted by atomic mass is 10.2. The summed E-state index contributed by atoms with van der Waals surface area (Å²) in [7, 11) is 0. The summed E-state index contributed by atoms with van der Waals surface area (Å²) in [5.41, 5.74) is 2.30. The van der Waals surface area contributed by atoms with Gasteiger partial charge in [-0.05, 0) is 30.7 Å². The predicted molar refractivity (Wildman–Crippen MR) is 121 cm³/mol. The Morgan fingerprint density at radius 2 is 2.03 bits per heavy atom. The summed E-state index contributed by atoms with van der Waals surface area (Å²) in [4.78, 5) is 9.54. The molecule has 5 nitrogen and oxygen atoms in total. The number of furan rings is 1. The molecule has 3 aromatic heterocycles. The lowest BCUT2D eigenvalue weighted by Crippen LogP contribution is -2.17. The van der Waals surface area contributed by atoms with E-state index in [1.807, 2.05) is 46.5 Å². The monoisotopic (exact) mass is 452 g/mol. The number of aryl methyl sites for hydroxylation is 1. The molecule has 2 aromatic carbocycles. The first-order chi connectivity index (χ1) is 15.2. The summed E-state index contributed by atoms with van der Waals surface area (Å²) in [6, 6.07) is 14.5. The molecule has 8 heteroatoms. The second-order valence-corrected chi connectivity index (χ2v) is 8.31. The van der Waals surface area contributed by atoms with Crippen molar-refractivity contribution in [1.82, 2.24) is 14.1 Å². The molecule has 0 amide bonds. The Kier molecular flexibility index (Phi) is 5.44. The van der Waals surface area contributed by atoms with Crippen LogP contribution in [-0.2, 0) is 13.1 Å². The summed E-state index contributed by atoms with van der Waals surface area (Å²) >= 11 is 7.31. The first-order valence-corrected chi connectivity index (χ1v) is 11.1. The molecule has 0 saturated carbocycles. The van der Waals surface area contributed by atoms with E-state index in [2.05, 4.69) is 14.5 Å². The Morgan fingerprint density at radius 1 is 1.13 bits per heavy atom. The van der Waals surface area contributed by atoms with Crippen LogP contribution in [0, 0.1) is 5.82 Å². The molecule has 5 aromatic rings. The Bertz CT molecular complexity index is 1370. The molecule has 5 rings (SSSR count). The van der Waals surface area contributed by atoms with Crippen molar-refractivity contribution < 1.29 is 8.81 Å². The molecule has 0 unspecified atom stereocenters. The van der Waals surface area contributed by atoms with Crippen molar-refractivity contribution in [3.63, 3.8) is 0 Å². The first kappa shape index (κ1) is 19.8. The molecular formula is C23H18ClFN4OS. The summed E-state index contributed by atoms with van der Waals surface area (Å²) in [6.07, 6.45) is 6.40. The third-order valence-corrected chi connectivity index (χ3v) is 6.13. The lowest BCUT2D eigenvalue weighted by molar-refractivity contribution is 0.549. The predicted octanol–water partition coefficient (Wildman–Crippen LogP) is 6.27. The largest absolute Gasteiger partial charge is 0.454 e. The number of hydrogen-bond acceptors (Lipinski definition) is 4. The zero-order valence-electron chi connectivity index (χ0n) is 16.4. The maximum Gasteiger partial charge on any atom is 0.190 e. The molecule has 3 heterocycles. The average molecular weight is 453 g/mol. The van der Waals surface area contributed by atoms with Crippen molar-refractivity contribution >= 4 is 39.6 Å². The molecule has 0 N–H and O–H groups in total. The van der Waals surface area contributed by atoms with Gasteiger partial charge in [0.1, 0.15) is 11.4 Å². The van der Waals surface area contributed by atoms with Gasteiger partial charge in [0.05, 0.1) is 22.7 Å². The third kappa shape index (κ3) is 4.19. The van der Waals surface area contributed by atoms with Crippen LogP contribution in [0.4, 0.5) is 10.1 Å². The van der Waals surface area contributed by atoms with E-state index in [0.717, 1.165) is 46.7 Å². The zero-order valence-corrected chi connectivity index (χ0v) is 18.0. The molecule has 0 atom stereocenters. The van der Waals surface area contributed by atoms with Crippen LogP contribution in [0.25, 0.3) is 22.4 Å². The molecule has 0 bridgehead atoms. The number of fused-ring (bicyclic) bond motifs is 1. The highest BCUT2D eigenvalue weighted by Crippen LogP contribution is 2.29. The molecule has 0 saturated heterocycles. The van der Waals surface area contributed by atoms with Crippen molar-refractivity contribution in [1.29, 1.82) is 0 Å². The molecule has 0 spiro atoms.